The summed E-state index contributed by atoms with van der Waals surface area (Å²) in [5.74, 6) is 0.657. The van der Waals surface area contributed by atoms with Crippen LogP contribution in [0.2, 0.25) is 0 Å². The van der Waals surface area contributed by atoms with E-state index in [9.17, 15) is 4.79 Å². The molecule has 3 saturated heterocycles. The number of hydrogen-bond donors (Lipinski definition) is 1. The molecule has 0 unspecified atom stereocenters. The van der Waals surface area contributed by atoms with Crippen LogP contribution in [0.3, 0.4) is 0 Å². The maximum atomic E-state index is 12.5. The van der Waals surface area contributed by atoms with Crippen molar-refractivity contribution in [1.82, 2.24) is 15.1 Å². The minimum absolute atomic E-state index is 0.246. The van der Waals surface area contributed by atoms with E-state index >= 15 is 0 Å². The fourth-order valence-electron chi connectivity index (χ4n) is 4.06. The van der Waals surface area contributed by atoms with E-state index in [1.54, 1.807) is 0 Å². The first-order valence-electron chi connectivity index (χ1n) is 8.58. The Labute approximate surface area is 122 Å². The molecule has 0 bridgehead atoms. The molecule has 0 spiro atoms. The molecule has 0 saturated carbocycles. The topological polar surface area (TPSA) is 35.6 Å². The highest BCUT2D eigenvalue weighted by Gasteiger charge is 2.31. The molecule has 3 rings (SSSR count). The zero-order valence-electron chi connectivity index (χ0n) is 12.6. The van der Waals surface area contributed by atoms with Crippen LogP contribution < -0.4 is 5.32 Å². The minimum atomic E-state index is 0.246. The van der Waals surface area contributed by atoms with Gasteiger partial charge in [0.2, 0.25) is 5.91 Å². The van der Waals surface area contributed by atoms with Crippen molar-refractivity contribution < 1.29 is 4.79 Å². The molecule has 20 heavy (non-hydrogen) atoms. The van der Waals surface area contributed by atoms with Gasteiger partial charge in [-0.15, -0.1) is 0 Å². The molecule has 1 N–H and O–H groups in total. The molecule has 114 valence electrons. The number of amides is 1. The summed E-state index contributed by atoms with van der Waals surface area (Å²) in [5, 5.41) is 3.36. The lowest BCUT2D eigenvalue weighted by Gasteiger charge is -2.41. The maximum Gasteiger partial charge on any atom is 0.226 e. The van der Waals surface area contributed by atoms with Crippen LogP contribution in [0.25, 0.3) is 0 Å². The molecule has 0 aromatic heterocycles. The second-order valence-electron chi connectivity index (χ2n) is 6.70. The van der Waals surface area contributed by atoms with E-state index in [2.05, 4.69) is 15.1 Å². The van der Waals surface area contributed by atoms with Crippen LogP contribution >= 0.6 is 0 Å². The molecule has 3 heterocycles. The Kier molecular flexibility index (Phi) is 4.94. The summed E-state index contributed by atoms with van der Waals surface area (Å²) >= 11 is 0. The Bertz CT molecular complexity index is 314. The molecular formula is C16H29N3O. The first kappa shape index (κ1) is 14.3. The third-order valence-corrected chi connectivity index (χ3v) is 5.33. The van der Waals surface area contributed by atoms with Crippen LogP contribution in [0.15, 0.2) is 0 Å². The lowest BCUT2D eigenvalue weighted by molar-refractivity contribution is -0.137. The van der Waals surface area contributed by atoms with Crippen LogP contribution in [0.5, 0.6) is 0 Å². The van der Waals surface area contributed by atoms with E-state index in [1.807, 2.05) is 0 Å². The molecule has 3 fully saturated rings. The lowest BCUT2D eigenvalue weighted by Crippen LogP contribution is -2.50. The molecular weight excluding hydrogens is 250 g/mol. The van der Waals surface area contributed by atoms with E-state index in [0.717, 1.165) is 45.1 Å². The highest BCUT2D eigenvalue weighted by molar-refractivity contribution is 5.79. The Balaban J connectivity index is 1.46. The lowest BCUT2D eigenvalue weighted by atomic mass is 9.95. The second kappa shape index (κ2) is 6.90. The molecule has 0 aromatic carbocycles. The van der Waals surface area contributed by atoms with Gasteiger partial charge in [-0.25, -0.2) is 0 Å². The van der Waals surface area contributed by atoms with E-state index in [1.165, 1.54) is 45.2 Å². The van der Waals surface area contributed by atoms with Crippen molar-refractivity contribution in [2.45, 2.75) is 51.0 Å². The van der Waals surface area contributed by atoms with E-state index < -0.39 is 0 Å². The van der Waals surface area contributed by atoms with Gasteiger partial charge in [0.25, 0.3) is 0 Å². The van der Waals surface area contributed by atoms with Gasteiger partial charge in [-0.05, 0) is 58.2 Å². The predicted octanol–water partition coefficient (Wildman–Crippen LogP) is 1.46. The number of carbonyl (C=O) groups is 1. The number of nitrogens with zero attached hydrogens (tertiary/aromatic N) is 2. The number of hydrogen-bond acceptors (Lipinski definition) is 3. The smallest absolute Gasteiger partial charge is 0.226 e. The molecule has 1 amide bonds. The summed E-state index contributed by atoms with van der Waals surface area (Å²) in [6, 6.07) is 0.740. The molecule has 3 aliphatic rings. The molecule has 0 aromatic rings. The summed E-state index contributed by atoms with van der Waals surface area (Å²) in [4.78, 5) is 17.3. The average Bonchev–Trinajstić information content (AvgIpc) is 2.56. The maximum absolute atomic E-state index is 12.5. The predicted molar refractivity (Wildman–Crippen MR) is 80.6 cm³/mol. The van der Waals surface area contributed by atoms with Crippen molar-refractivity contribution in [1.29, 1.82) is 0 Å². The second-order valence-corrected chi connectivity index (χ2v) is 6.70. The molecule has 1 atom stereocenters. The average molecular weight is 279 g/mol. The summed E-state index contributed by atoms with van der Waals surface area (Å²) in [6.45, 7) is 6.51. The van der Waals surface area contributed by atoms with Gasteiger partial charge in [0.15, 0.2) is 0 Å². The van der Waals surface area contributed by atoms with Crippen molar-refractivity contribution in [3.8, 4) is 0 Å². The highest BCUT2D eigenvalue weighted by atomic mass is 16.2. The highest BCUT2D eigenvalue weighted by Crippen LogP contribution is 2.23. The Morgan fingerprint density at radius 2 is 1.65 bits per heavy atom. The third-order valence-electron chi connectivity index (χ3n) is 5.33. The quantitative estimate of drug-likeness (QED) is 0.831. The summed E-state index contributed by atoms with van der Waals surface area (Å²) < 4.78 is 0. The zero-order chi connectivity index (χ0) is 13.8. The fourth-order valence-corrected chi connectivity index (χ4v) is 4.06. The minimum Gasteiger partial charge on any atom is -0.342 e. The fraction of sp³-hybridized carbons (Fsp3) is 0.938. The number of piperidine rings is 3. The normalized spacial score (nSPS) is 30.4. The summed E-state index contributed by atoms with van der Waals surface area (Å²) in [7, 11) is 0. The van der Waals surface area contributed by atoms with Gasteiger partial charge in [-0.3, -0.25) is 4.79 Å². The monoisotopic (exact) mass is 279 g/mol. The van der Waals surface area contributed by atoms with Gasteiger partial charge in [0.1, 0.15) is 0 Å². The zero-order valence-corrected chi connectivity index (χ0v) is 12.6. The largest absolute Gasteiger partial charge is 0.342 e. The first-order valence-corrected chi connectivity index (χ1v) is 8.58. The Morgan fingerprint density at radius 3 is 2.30 bits per heavy atom. The Hall–Kier alpha value is -0.610. The van der Waals surface area contributed by atoms with Gasteiger partial charge in [0.05, 0.1) is 5.92 Å². The molecule has 0 aliphatic carbocycles. The van der Waals surface area contributed by atoms with Gasteiger partial charge in [0, 0.05) is 25.7 Å². The molecule has 0 radical (unpaired) electrons. The number of rotatable bonds is 2. The number of likely N-dealkylation sites (tertiary alicyclic amines) is 2. The number of carbonyl (C=O) groups excluding carboxylic acids is 1. The van der Waals surface area contributed by atoms with Crippen LogP contribution in [-0.4, -0.2) is 61.0 Å². The van der Waals surface area contributed by atoms with Crippen molar-refractivity contribution in [3.05, 3.63) is 0 Å². The van der Waals surface area contributed by atoms with Crippen molar-refractivity contribution >= 4 is 5.91 Å². The van der Waals surface area contributed by atoms with Crippen molar-refractivity contribution in [2.75, 3.05) is 39.3 Å². The summed E-state index contributed by atoms with van der Waals surface area (Å²) in [6.07, 6.45) is 8.75. The standard InChI is InChI=1S/C16H29N3O/c20-16(14-5-4-8-17-13-14)19-11-6-15(7-12-19)18-9-2-1-3-10-18/h14-15,17H,1-13H2/t14-/m0/s1. The van der Waals surface area contributed by atoms with Crippen LogP contribution in [-0.2, 0) is 4.79 Å². The van der Waals surface area contributed by atoms with Gasteiger partial charge < -0.3 is 15.1 Å². The van der Waals surface area contributed by atoms with E-state index in [-0.39, 0.29) is 5.92 Å². The first-order chi connectivity index (χ1) is 9.84. The molecule has 4 heteroatoms. The van der Waals surface area contributed by atoms with Crippen LogP contribution in [0.1, 0.15) is 44.9 Å². The van der Waals surface area contributed by atoms with Crippen molar-refractivity contribution in [3.63, 3.8) is 0 Å². The molecule has 4 nitrogen and oxygen atoms in total. The Morgan fingerprint density at radius 1 is 0.900 bits per heavy atom. The van der Waals surface area contributed by atoms with E-state index in [4.69, 9.17) is 0 Å². The SMILES string of the molecule is O=C([C@H]1CCCNC1)N1CCC(N2CCCCC2)CC1. The van der Waals surface area contributed by atoms with Crippen LogP contribution in [0, 0.1) is 5.92 Å². The van der Waals surface area contributed by atoms with Gasteiger partial charge in [-0.1, -0.05) is 6.42 Å². The number of nitrogens with one attached hydrogen (secondary N) is 1. The third kappa shape index (κ3) is 3.34. The van der Waals surface area contributed by atoms with Gasteiger partial charge in [-0.2, -0.15) is 0 Å². The van der Waals surface area contributed by atoms with Crippen LogP contribution in [0.4, 0.5) is 0 Å². The van der Waals surface area contributed by atoms with Crippen molar-refractivity contribution in [2.24, 2.45) is 5.92 Å². The summed E-state index contributed by atoms with van der Waals surface area (Å²) in [5.41, 5.74) is 0. The van der Waals surface area contributed by atoms with Gasteiger partial charge >= 0.3 is 0 Å². The van der Waals surface area contributed by atoms with E-state index in [0.29, 0.717) is 5.91 Å². The molecule has 3 aliphatic heterocycles.